The summed E-state index contributed by atoms with van der Waals surface area (Å²) < 4.78 is 5.21. The highest BCUT2D eigenvalue weighted by molar-refractivity contribution is 5.72. The molecule has 0 aliphatic carbocycles. The van der Waals surface area contributed by atoms with Crippen LogP contribution in [-0.4, -0.2) is 46.8 Å². The Kier molecular flexibility index (Phi) is 3.65. The Balaban J connectivity index is 2.30. The maximum Gasteiger partial charge on any atom is 0.320 e. The van der Waals surface area contributed by atoms with Gasteiger partial charge in [-0.1, -0.05) is 13.8 Å². The monoisotopic (exact) mass is 229 g/mol. The average molecular weight is 229 g/mol. The molecule has 16 heavy (non-hydrogen) atoms. The topological polar surface area (TPSA) is 49.8 Å². The van der Waals surface area contributed by atoms with Gasteiger partial charge in [0.15, 0.2) is 0 Å². The second-order valence-electron chi connectivity index (χ2n) is 5.99. The van der Waals surface area contributed by atoms with Gasteiger partial charge >= 0.3 is 5.97 Å². The molecule has 1 rings (SSSR count). The predicted octanol–water partition coefficient (Wildman–Crippen LogP) is 1.03. The zero-order valence-corrected chi connectivity index (χ0v) is 10.9. The number of carbonyl (C=O) groups is 1. The molecule has 1 fully saturated rings. The zero-order valence-electron chi connectivity index (χ0n) is 10.9. The summed E-state index contributed by atoms with van der Waals surface area (Å²) >= 11 is 0. The van der Waals surface area contributed by atoms with E-state index in [-0.39, 0.29) is 18.4 Å². The summed E-state index contributed by atoms with van der Waals surface area (Å²) in [7, 11) is 0. The van der Waals surface area contributed by atoms with E-state index in [1.165, 1.54) is 0 Å². The van der Waals surface area contributed by atoms with E-state index in [0.29, 0.717) is 13.1 Å². The molecular weight excluding hydrogens is 206 g/mol. The molecule has 1 aliphatic rings. The van der Waals surface area contributed by atoms with Gasteiger partial charge in [-0.05, 0) is 26.7 Å². The minimum atomic E-state index is -0.623. The van der Waals surface area contributed by atoms with Crippen molar-refractivity contribution < 1.29 is 14.6 Å². The third-order valence-corrected chi connectivity index (χ3v) is 2.84. The van der Waals surface area contributed by atoms with E-state index in [2.05, 4.69) is 0 Å². The van der Waals surface area contributed by atoms with E-state index >= 15 is 0 Å². The van der Waals surface area contributed by atoms with Gasteiger partial charge in [-0.15, -0.1) is 0 Å². The van der Waals surface area contributed by atoms with E-state index in [1.54, 1.807) is 0 Å². The molecule has 0 saturated carbocycles. The van der Waals surface area contributed by atoms with E-state index < -0.39 is 11.2 Å². The standard InChI is InChI=1S/C12H23NO3/c1-9(2)12(15)7-13(8-12)6-10(14)16-11(3,4)5/h9,15H,6-8H2,1-5H3. The average Bonchev–Trinajstić information content (AvgIpc) is 1.96. The smallest absolute Gasteiger partial charge is 0.320 e. The summed E-state index contributed by atoms with van der Waals surface area (Å²) in [6.07, 6.45) is 0. The molecule has 0 aromatic rings. The fourth-order valence-electron chi connectivity index (χ4n) is 1.76. The lowest BCUT2D eigenvalue weighted by Crippen LogP contribution is -2.65. The van der Waals surface area contributed by atoms with Crippen LogP contribution < -0.4 is 0 Å². The molecule has 1 aliphatic heterocycles. The highest BCUT2D eigenvalue weighted by atomic mass is 16.6. The van der Waals surface area contributed by atoms with Crippen molar-refractivity contribution in [3.8, 4) is 0 Å². The van der Waals surface area contributed by atoms with Crippen LogP contribution in [0.15, 0.2) is 0 Å². The summed E-state index contributed by atoms with van der Waals surface area (Å²) in [6.45, 7) is 10.9. The van der Waals surface area contributed by atoms with Crippen LogP contribution in [-0.2, 0) is 9.53 Å². The van der Waals surface area contributed by atoms with E-state index in [9.17, 15) is 9.90 Å². The molecular formula is C12H23NO3. The first-order chi connectivity index (χ1) is 7.12. The molecule has 0 atom stereocenters. The highest BCUT2D eigenvalue weighted by Gasteiger charge is 2.44. The van der Waals surface area contributed by atoms with Crippen molar-refractivity contribution in [3.63, 3.8) is 0 Å². The summed E-state index contributed by atoms with van der Waals surface area (Å²) in [5, 5.41) is 10.0. The molecule has 4 nitrogen and oxygen atoms in total. The Bertz CT molecular complexity index is 262. The quantitative estimate of drug-likeness (QED) is 0.734. The predicted molar refractivity (Wildman–Crippen MR) is 62.1 cm³/mol. The molecule has 0 unspecified atom stereocenters. The summed E-state index contributed by atoms with van der Waals surface area (Å²) in [4.78, 5) is 13.4. The third-order valence-electron chi connectivity index (χ3n) is 2.84. The van der Waals surface area contributed by atoms with Crippen molar-refractivity contribution in [1.29, 1.82) is 0 Å². The second-order valence-corrected chi connectivity index (χ2v) is 5.99. The number of nitrogens with zero attached hydrogens (tertiary/aromatic N) is 1. The van der Waals surface area contributed by atoms with Crippen molar-refractivity contribution >= 4 is 5.97 Å². The molecule has 4 heteroatoms. The Morgan fingerprint density at radius 1 is 1.44 bits per heavy atom. The molecule has 0 spiro atoms. The van der Waals surface area contributed by atoms with E-state index in [4.69, 9.17) is 4.74 Å². The van der Waals surface area contributed by atoms with E-state index in [0.717, 1.165) is 0 Å². The minimum Gasteiger partial charge on any atom is -0.459 e. The molecule has 0 aromatic carbocycles. The zero-order chi connectivity index (χ0) is 12.6. The lowest BCUT2D eigenvalue weighted by molar-refractivity contribution is -0.167. The van der Waals surface area contributed by atoms with Crippen LogP contribution in [0.5, 0.6) is 0 Å². The van der Waals surface area contributed by atoms with Crippen LogP contribution in [0.2, 0.25) is 0 Å². The molecule has 1 saturated heterocycles. The number of ether oxygens (including phenoxy) is 1. The number of likely N-dealkylation sites (tertiary alicyclic amines) is 1. The molecule has 1 heterocycles. The number of carbonyl (C=O) groups excluding carboxylic acids is 1. The Morgan fingerprint density at radius 3 is 2.31 bits per heavy atom. The first kappa shape index (κ1) is 13.5. The van der Waals surface area contributed by atoms with Crippen molar-refractivity contribution in [3.05, 3.63) is 0 Å². The summed E-state index contributed by atoms with van der Waals surface area (Å²) in [5.74, 6) is 0.000641. The lowest BCUT2D eigenvalue weighted by atomic mass is 9.83. The first-order valence-corrected chi connectivity index (χ1v) is 5.79. The molecule has 0 aromatic heterocycles. The number of aliphatic hydroxyl groups is 1. The molecule has 1 N–H and O–H groups in total. The van der Waals surface area contributed by atoms with Crippen LogP contribution in [0.3, 0.4) is 0 Å². The number of hydrogen-bond acceptors (Lipinski definition) is 4. The largest absolute Gasteiger partial charge is 0.459 e. The van der Waals surface area contributed by atoms with Gasteiger partial charge in [0.1, 0.15) is 5.60 Å². The van der Waals surface area contributed by atoms with Gasteiger partial charge in [0.25, 0.3) is 0 Å². The lowest BCUT2D eigenvalue weighted by Gasteiger charge is -2.48. The van der Waals surface area contributed by atoms with Crippen molar-refractivity contribution in [2.24, 2.45) is 5.92 Å². The van der Waals surface area contributed by atoms with E-state index in [1.807, 2.05) is 39.5 Å². The van der Waals surface area contributed by atoms with Crippen LogP contribution in [0.25, 0.3) is 0 Å². The highest BCUT2D eigenvalue weighted by Crippen LogP contribution is 2.28. The van der Waals surface area contributed by atoms with Gasteiger partial charge in [-0.3, -0.25) is 9.69 Å². The second kappa shape index (κ2) is 4.34. The van der Waals surface area contributed by atoms with Crippen LogP contribution in [0.1, 0.15) is 34.6 Å². The Labute approximate surface area is 97.6 Å². The SMILES string of the molecule is CC(C)C1(O)CN(CC(=O)OC(C)(C)C)C1. The maximum atomic E-state index is 11.5. The summed E-state index contributed by atoms with van der Waals surface area (Å²) in [5.41, 5.74) is -1.06. The molecule has 0 bridgehead atoms. The normalized spacial score (nSPS) is 20.7. The van der Waals surface area contributed by atoms with Gasteiger partial charge in [0, 0.05) is 13.1 Å². The maximum absolute atomic E-state index is 11.5. The molecule has 0 amide bonds. The van der Waals surface area contributed by atoms with Gasteiger partial charge in [-0.2, -0.15) is 0 Å². The van der Waals surface area contributed by atoms with Gasteiger partial charge < -0.3 is 9.84 Å². The third kappa shape index (κ3) is 3.46. The molecule has 0 radical (unpaired) electrons. The number of esters is 1. The fourth-order valence-corrected chi connectivity index (χ4v) is 1.76. The Hall–Kier alpha value is -0.610. The van der Waals surface area contributed by atoms with Crippen molar-refractivity contribution in [2.45, 2.75) is 45.8 Å². The minimum absolute atomic E-state index is 0.224. The number of β-amino-alcohol motifs (C(OH)–C–C–N with tert-alkyl or cyclic N) is 1. The van der Waals surface area contributed by atoms with Crippen LogP contribution in [0, 0.1) is 5.92 Å². The van der Waals surface area contributed by atoms with Gasteiger partial charge in [0.05, 0.1) is 12.1 Å². The molecule has 94 valence electrons. The first-order valence-electron chi connectivity index (χ1n) is 5.79. The Morgan fingerprint density at radius 2 is 1.94 bits per heavy atom. The van der Waals surface area contributed by atoms with Crippen LogP contribution >= 0.6 is 0 Å². The number of rotatable bonds is 3. The van der Waals surface area contributed by atoms with Crippen molar-refractivity contribution in [1.82, 2.24) is 4.90 Å². The van der Waals surface area contributed by atoms with Gasteiger partial charge in [0.2, 0.25) is 0 Å². The summed E-state index contributed by atoms with van der Waals surface area (Å²) in [6, 6.07) is 0. The van der Waals surface area contributed by atoms with Crippen molar-refractivity contribution in [2.75, 3.05) is 19.6 Å². The number of hydrogen-bond donors (Lipinski definition) is 1. The van der Waals surface area contributed by atoms with Gasteiger partial charge in [-0.25, -0.2) is 0 Å². The fraction of sp³-hybridized carbons (Fsp3) is 0.917. The van der Waals surface area contributed by atoms with Crippen LogP contribution in [0.4, 0.5) is 0 Å².